The van der Waals surface area contributed by atoms with Gasteiger partial charge in [-0.1, -0.05) is 44.2 Å². The first-order valence-electron chi connectivity index (χ1n) is 11.4. The lowest BCUT2D eigenvalue weighted by molar-refractivity contribution is 0.209. The fourth-order valence-electron chi connectivity index (χ4n) is 4.97. The molecular weight excluding hydrogens is 384 g/mol. The maximum absolute atomic E-state index is 10.3. The third-order valence-electron chi connectivity index (χ3n) is 7.11. The van der Waals surface area contributed by atoms with Crippen LogP contribution in [0.4, 0.5) is 0 Å². The molecule has 0 heterocycles. The van der Waals surface area contributed by atoms with Crippen LogP contribution in [0.2, 0.25) is 0 Å². The molecule has 0 aromatic heterocycles. The van der Waals surface area contributed by atoms with Crippen LogP contribution in [0.5, 0.6) is 11.5 Å². The topological polar surface area (TPSA) is 45.5 Å². The summed E-state index contributed by atoms with van der Waals surface area (Å²) in [6, 6.07) is 18.0. The van der Waals surface area contributed by atoms with Crippen LogP contribution >= 0.6 is 0 Å². The number of hydrogen-bond acceptors (Lipinski definition) is 4. The van der Waals surface area contributed by atoms with Crippen LogP contribution < -0.4 is 9.47 Å². The Bertz CT molecular complexity index is 918. The summed E-state index contributed by atoms with van der Waals surface area (Å²) >= 11 is 0. The second-order valence-electron chi connectivity index (χ2n) is 9.06. The van der Waals surface area contributed by atoms with Gasteiger partial charge in [0.15, 0.2) is 11.5 Å². The van der Waals surface area contributed by atoms with E-state index in [9.17, 15) is 5.26 Å². The summed E-state index contributed by atoms with van der Waals surface area (Å²) in [5.41, 5.74) is 3.46. The number of nitriles is 1. The normalized spacial score (nSPS) is 17.7. The van der Waals surface area contributed by atoms with E-state index in [1.165, 1.54) is 17.5 Å². The molecule has 4 nitrogen and oxygen atoms in total. The molecule has 3 rings (SSSR count). The number of hydrogen-bond donors (Lipinski definition) is 0. The maximum Gasteiger partial charge on any atom is 0.161 e. The number of rotatable bonds is 9. The molecule has 1 aliphatic carbocycles. The Morgan fingerprint density at radius 1 is 1.10 bits per heavy atom. The van der Waals surface area contributed by atoms with E-state index in [1.807, 2.05) is 18.2 Å². The number of nitrogens with zero attached hydrogens (tertiary/aromatic N) is 2. The first kappa shape index (κ1) is 23.2. The number of benzene rings is 2. The predicted octanol–water partition coefficient (Wildman–Crippen LogP) is 5.39. The molecule has 0 N–H and O–H groups in total. The minimum absolute atomic E-state index is 0.197. The van der Waals surface area contributed by atoms with Gasteiger partial charge < -0.3 is 14.4 Å². The Hall–Kier alpha value is -2.51. The van der Waals surface area contributed by atoms with Gasteiger partial charge in [-0.2, -0.15) is 5.26 Å². The molecule has 2 atom stereocenters. The Morgan fingerprint density at radius 3 is 2.45 bits per heavy atom. The number of fused-ring (bicyclic) bond motifs is 1. The van der Waals surface area contributed by atoms with Crippen molar-refractivity contribution in [2.24, 2.45) is 5.92 Å². The van der Waals surface area contributed by atoms with Crippen LogP contribution in [0.25, 0.3) is 0 Å². The maximum atomic E-state index is 10.3. The van der Waals surface area contributed by atoms with E-state index in [0.717, 1.165) is 37.8 Å². The zero-order valence-electron chi connectivity index (χ0n) is 19.6. The Kier molecular flexibility index (Phi) is 7.62. The lowest BCUT2D eigenvalue weighted by Gasteiger charge is -2.35. The van der Waals surface area contributed by atoms with Gasteiger partial charge in [-0.25, -0.2) is 0 Å². The average Bonchev–Trinajstić information content (AvgIpc) is 2.80. The summed E-state index contributed by atoms with van der Waals surface area (Å²) in [6.45, 7) is 5.28. The zero-order chi connectivity index (χ0) is 22.4. The van der Waals surface area contributed by atoms with E-state index in [2.05, 4.69) is 56.1 Å². The molecule has 0 amide bonds. The van der Waals surface area contributed by atoms with E-state index in [1.54, 1.807) is 14.2 Å². The van der Waals surface area contributed by atoms with Gasteiger partial charge in [0.05, 0.1) is 25.7 Å². The van der Waals surface area contributed by atoms with Gasteiger partial charge in [0.25, 0.3) is 0 Å². The van der Waals surface area contributed by atoms with Crippen molar-refractivity contribution in [3.05, 3.63) is 59.2 Å². The number of methoxy groups -OCH3 is 2. The van der Waals surface area contributed by atoms with E-state index in [-0.39, 0.29) is 5.92 Å². The van der Waals surface area contributed by atoms with Crippen LogP contribution in [0.15, 0.2) is 42.5 Å². The second kappa shape index (κ2) is 10.2. The lowest BCUT2D eigenvalue weighted by atomic mass is 9.69. The number of likely N-dealkylation sites (N-methyl/N-ethyl adjacent to an activating group) is 1. The number of aryl methyl sites for hydroxylation is 1. The molecule has 166 valence electrons. The van der Waals surface area contributed by atoms with Crippen molar-refractivity contribution in [2.45, 2.75) is 57.4 Å². The van der Waals surface area contributed by atoms with Crippen molar-refractivity contribution in [3.8, 4) is 17.6 Å². The molecule has 0 unspecified atom stereocenters. The van der Waals surface area contributed by atoms with Crippen LogP contribution in [0.1, 0.15) is 49.8 Å². The summed E-state index contributed by atoms with van der Waals surface area (Å²) in [5, 5.41) is 10.3. The lowest BCUT2D eigenvalue weighted by Crippen LogP contribution is -2.38. The van der Waals surface area contributed by atoms with E-state index >= 15 is 0 Å². The van der Waals surface area contributed by atoms with Crippen molar-refractivity contribution >= 4 is 0 Å². The van der Waals surface area contributed by atoms with Gasteiger partial charge in [-0.15, -0.1) is 0 Å². The SMILES string of the molecule is COc1ccc([C@@](C#N)(CCCN(C)[C@H]2CCc3ccccc3C2)C(C)C)cc1OC. The Morgan fingerprint density at radius 2 is 1.81 bits per heavy atom. The largest absolute Gasteiger partial charge is 0.493 e. The van der Waals surface area contributed by atoms with Crippen LogP contribution in [0.3, 0.4) is 0 Å². The molecule has 0 saturated carbocycles. The van der Waals surface area contributed by atoms with E-state index in [4.69, 9.17) is 9.47 Å². The molecule has 2 aromatic carbocycles. The third kappa shape index (κ3) is 4.88. The minimum Gasteiger partial charge on any atom is -0.493 e. The smallest absolute Gasteiger partial charge is 0.161 e. The van der Waals surface area contributed by atoms with Crippen LogP contribution in [0, 0.1) is 17.2 Å². The van der Waals surface area contributed by atoms with Gasteiger partial charge in [0.2, 0.25) is 0 Å². The fraction of sp³-hybridized carbons (Fsp3) is 0.519. The molecule has 1 aliphatic rings. The molecule has 0 bridgehead atoms. The highest BCUT2D eigenvalue weighted by molar-refractivity contribution is 5.47. The second-order valence-corrected chi connectivity index (χ2v) is 9.06. The van der Waals surface area contributed by atoms with Gasteiger partial charge >= 0.3 is 0 Å². The van der Waals surface area contributed by atoms with E-state index in [0.29, 0.717) is 17.5 Å². The molecular formula is C27H36N2O2. The molecule has 4 heteroatoms. The highest BCUT2D eigenvalue weighted by Gasteiger charge is 2.36. The molecule has 0 saturated heterocycles. The zero-order valence-corrected chi connectivity index (χ0v) is 19.6. The third-order valence-corrected chi connectivity index (χ3v) is 7.11. The van der Waals surface area contributed by atoms with E-state index < -0.39 is 5.41 Å². The van der Waals surface area contributed by atoms with Crippen LogP contribution in [-0.2, 0) is 18.3 Å². The molecule has 0 spiro atoms. The quantitative estimate of drug-likeness (QED) is 0.546. The molecule has 2 aromatic rings. The molecule has 0 aliphatic heterocycles. The summed E-state index contributed by atoms with van der Waals surface area (Å²) in [7, 11) is 5.51. The molecule has 0 radical (unpaired) electrons. The van der Waals surface area contributed by atoms with Crippen molar-refractivity contribution in [2.75, 3.05) is 27.8 Å². The van der Waals surface area contributed by atoms with Crippen molar-refractivity contribution in [3.63, 3.8) is 0 Å². The number of ether oxygens (including phenoxy) is 2. The fourth-order valence-corrected chi connectivity index (χ4v) is 4.97. The van der Waals surface area contributed by atoms with Crippen molar-refractivity contribution < 1.29 is 9.47 Å². The summed E-state index contributed by atoms with van der Waals surface area (Å²) in [5.74, 6) is 1.57. The van der Waals surface area contributed by atoms with Crippen LogP contribution in [-0.4, -0.2) is 38.8 Å². The average molecular weight is 421 g/mol. The summed E-state index contributed by atoms with van der Waals surface area (Å²) < 4.78 is 10.9. The summed E-state index contributed by atoms with van der Waals surface area (Å²) in [4.78, 5) is 2.49. The van der Waals surface area contributed by atoms with Gasteiger partial charge in [0.1, 0.15) is 0 Å². The van der Waals surface area contributed by atoms with Crippen molar-refractivity contribution in [1.29, 1.82) is 5.26 Å². The molecule has 0 fully saturated rings. The van der Waals surface area contributed by atoms with Crippen molar-refractivity contribution in [1.82, 2.24) is 4.90 Å². The summed E-state index contributed by atoms with van der Waals surface area (Å²) in [6.07, 6.45) is 5.29. The van der Waals surface area contributed by atoms with Gasteiger partial charge in [0, 0.05) is 6.04 Å². The monoisotopic (exact) mass is 420 g/mol. The minimum atomic E-state index is -0.542. The first-order valence-corrected chi connectivity index (χ1v) is 11.4. The Balaban J connectivity index is 1.69. The van der Waals surface area contributed by atoms with Gasteiger partial charge in [-0.3, -0.25) is 0 Å². The standard InChI is InChI=1S/C27H36N2O2/c1-20(2)27(19-28,23-12-14-25(30-4)26(18-23)31-5)15-8-16-29(3)24-13-11-21-9-6-7-10-22(21)17-24/h6-7,9-10,12,14,18,20,24H,8,11,13,15-17H2,1-5H3/t24-,27+/m0/s1. The highest BCUT2D eigenvalue weighted by atomic mass is 16.5. The molecule has 31 heavy (non-hydrogen) atoms. The first-order chi connectivity index (χ1) is 14.9. The Labute approximate surface area is 187 Å². The van der Waals surface area contributed by atoms with Gasteiger partial charge in [-0.05, 0) is 80.4 Å². The highest BCUT2D eigenvalue weighted by Crippen LogP contribution is 2.40. The predicted molar refractivity (Wildman–Crippen MR) is 126 cm³/mol.